The Bertz CT molecular complexity index is 847. The van der Waals surface area contributed by atoms with Crippen molar-refractivity contribution in [3.63, 3.8) is 0 Å². The first-order valence-electron chi connectivity index (χ1n) is 6.84. The van der Waals surface area contributed by atoms with Crippen molar-refractivity contribution in [1.82, 2.24) is 4.31 Å². The van der Waals surface area contributed by atoms with Gasteiger partial charge in [-0.1, -0.05) is 0 Å². The van der Waals surface area contributed by atoms with Gasteiger partial charge in [0.25, 0.3) is 0 Å². The van der Waals surface area contributed by atoms with Gasteiger partial charge in [0.2, 0.25) is 10.0 Å². The molecule has 8 heteroatoms. The number of halogens is 1. The monoisotopic (exact) mass is 413 g/mol. The molecule has 0 aliphatic heterocycles. The maximum absolute atomic E-state index is 12.3. The fraction of sp³-hybridized carbons (Fsp3) is 0.188. The lowest BCUT2D eigenvalue weighted by atomic mass is 10.2. The average molecular weight is 414 g/mol. The number of esters is 1. The van der Waals surface area contributed by atoms with Crippen molar-refractivity contribution < 1.29 is 22.7 Å². The zero-order chi connectivity index (χ0) is 17.9. The quantitative estimate of drug-likeness (QED) is 0.556. The maximum Gasteiger partial charge on any atom is 0.343 e. The molecule has 0 N–H and O–H groups in total. The first-order valence-corrected chi connectivity index (χ1v) is 9.07. The molecule has 24 heavy (non-hydrogen) atoms. The highest BCUT2D eigenvalue weighted by molar-refractivity contribution is 9.10. The average Bonchev–Trinajstić information content (AvgIpc) is 2.55. The third-order valence-electron chi connectivity index (χ3n) is 3.20. The lowest BCUT2D eigenvalue weighted by Crippen LogP contribution is -2.23. The van der Waals surface area contributed by atoms with Crippen LogP contribution in [0.15, 0.2) is 51.8 Å². The van der Waals surface area contributed by atoms with Crippen LogP contribution in [0.25, 0.3) is 0 Å². The van der Waals surface area contributed by atoms with Gasteiger partial charge in [-0.25, -0.2) is 17.5 Å². The Morgan fingerprint density at radius 2 is 1.62 bits per heavy atom. The molecule has 0 atom stereocenters. The summed E-state index contributed by atoms with van der Waals surface area (Å²) in [4.78, 5) is 12.2. The Labute approximate surface area is 149 Å². The minimum atomic E-state index is -3.68. The smallest absolute Gasteiger partial charge is 0.343 e. The number of rotatable bonds is 5. The van der Waals surface area contributed by atoms with E-state index in [0.29, 0.717) is 16.0 Å². The summed E-state index contributed by atoms with van der Waals surface area (Å²) in [5, 5.41) is 0. The van der Waals surface area contributed by atoms with Crippen molar-refractivity contribution in [3.05, 3.63) is 52.5 Å². The van der Waals surface area contributed by atoms with Crippen molar-refractivity contribution in [3.8, 4) is 11.5 Å². The summed E-state index contributed by atoms with van der Waals surface area (Å²) >= 11 is 3.19. The molecule has 0 bridgehead atoms. The molecule has 0 fully saturated rings. The predicted molar refractivity (Wildman–Crippen MR) is 93.0 cm³/mol. The van der Waals surface area contributed by atoms with Gasteiger partial charge in [-0.3, -0.25) is 0 Å². The predicted octanol–water partition coefficient (Wildman–Crippen LogP) is 2.93. The van der Waals surface area contributed by atoms with Gasteiger partial charge in [-0.05, 0) is 58.4 Å². The zero-order valence-electron chi connectivity index (χ0n) is 13.3. The van der Waals surface area contributed by atoms with E-state index in [-0.39, 0.29) is 10.5 Å². The third kappa shape index (κ3) is 3.95. The fourth-order valence-electron chi connectivity index (χ4n) is 1.83. The van der Waals surface area contributed by atoms with Gasteiger partial charge in [0.05, 0.1) is 17.6 Å². The first-order chi connectivity index (χ1) is 11.3. The molecule has 0 radical (unpaired) electrons. The molecule has 0 spiro atoms. The van der Waals surface area contributed by atoms with Crippen LogP contribution in [0.4, 0.5) is 0 Å². The molecule has 0 aliphatic carbocycles. The second-order valence-corrected chi connectivity index (χ2v) is 7.97. The highest BCUT2D eigenvalue weighted by Gasteiger charge is 2.22. The molecule has 0 heterocycles. The van der Waals surface area contributed by atoms with E-state index in [1.54, 1.807) is 24.3 Å². The highest BCUT2D eigenvalue weighted by atomic mass is 79.9. The molecular formula is C16H16BrNO5S. The Kier molecular flexibility index (Phi) is 5.63. The first kappa shape index (κ1) is 18.4. The van der Waals surface area contributed by atoms with Crippen molar-refractivity contribution in [2.45, 2.75) is 4.90 Å². The van der Waals surface area contributed by atoms with Gasteiger partial charge in [0, 0.05) is 18.6 Å². The summed E-state index contributed by atoms with van der Waals surface area (Å²) in [6, 6.07) is 10.8. The molecular weight excluding hydrogens is 398 g/mol. The highest BCUT2D eigenvalue weighted by Crippen LogP contribution is 2.26. The zero-order valence-corrected chi connectivity index (χ0v) is 15.7. The molecule has 0 aromatic heterocycles. The Morgan fingerprint density at radius 3 is 2.17 bits per heavy atom. The number of carbonyl (C=O) groups excluding carboxylic acids is 1. The largest absolute Gasteiger partial charge is 0.497 e. The lowest BCUT2D eigenvalue weighted by molar-refractivity contribution is 0.0734. The standard InChI is InChI=1S/C16H16BrNO5S/c1-18(2)24(20,21)15-10-11(4-9-14(15)17)16(19)23-13-7-5-12(22-3)6-8-13/h4-10H,1-3H3. The number of nitrogens with zero attached hydrogens (tertiary/aromatic N) is 1. The van der Waals surface area contributed by atoms with Crippen LogP contribution in [0.1, 0.15) is 10.4 Å². The SMILES string of the molecule is COc1ccc(OC(=O)c2ccc(Br)c(S(=O)(=O)N(C)C)c2)cc1. The number of sulfonamides is 1. The van der Waals surface area contributed by atoms with Crippen LogP contribution < -0.4 is 9.47 Å². The van der Waals surface area contributed by atoms with E-state index < -0.39 is 16.0 Å². The van der Waals surface area contributed by atoms with Crippen LogP contribution in [0.2, 0.25) is 0 Å². The molecule has 0 saturated carbocycles. The number of hydrogen-bond acceptors (Lipinski definition) is 5. The molecule has 2 aromatic carbocycles. The summed E-state index contributed by atoms with van der Waals surface area (Å²) in [5.41, 5.74) is 0.134. The van der Waals surface area contributed by atoms with E-state index in [0.717, 1.165) is 4.31 Å². The van der Waals surface area contributed by atoms with Gasteiger partial charge in [0.1, 0.15) is 11.5 Å². The lowest BCUT2D eigenvalue weighted by Gasteiger charge is -2.14. The summed E-state index contributed by atoms with van der Waals surface area (Å²) in [7, 11) is 0.695. The molecule has 0 saturated heterocycles. The van der Waals surface area contributed by atoms with Gasteiger partial charge in [-0.15, -0.1) is 0 Å². The van der Waals surface area contributed by atoms with E-state index >= 15 is 0 Å². The van der Waals surface area contributed by atoms with Crippen LogP contribution in [-0.4, -0.2) is 39.9 Å². The van der Waals surface area contributed by atoms with Gasteiger partial charge < -0.3 is 9.47 Å². The summed E-state index contributed by atoms with van der Waals surface area (Å²) in [5.74, 6) is 0.321. The minimum Gasteiger partial charge on any atom is -0.497 e. The number of ether oxygens (including phenoxy) is 2. The van der Waals surface area contributed by atoms with Crippen molar-refractivity contribution in [2.75, 3.05) is 21.2 Å². The maximum atomic E-state index is 12.3. The van der Waals surface area contributed by atoms with E-state index in [4.69, 9.17) is 9.47 Å². The van der Waals surface area contributed by atoms with Crippen LogP contribution in [0, 0.1) is 0 Å². The number of carbonyl (C=O) groups is 1. The normalized spacial score (nSPS) is 11.4. The van der Waals surface area contributed by atoms with Gasteiger partial charge in [-0.2, -0.15) is 0 Å². The van der Waals surface area contributed by atoms with Crippen molar-refractivity contribution in [2.24, 2.45) is 0 Å². The van der Waals surface area contributed by atoms with Gasteiger partial charge >= 0.3 is 5.97 Å². The van der Waals surface area contributed by atoms with Crippen LogP contribution in [0.5, 0.6) is 11.5 Å². The third-order valence-corrected chi connectivity index (χ3v) is 6.00. The van der Waals surface area contributed by atoms with E-state index in [2.05, 4.69) is 15.9 Å². The molecule has 0 amide bonds. The number of hydrogen-bond donors (Lipinski definition) is 0. The fourth-order valence-corrected chi connectivity index (χ4v) is 3.68. The van der Waals surface area contributed by atoms with E-state index in [1.807, 2.05) is 0 Å². The Hall–Kier alpha value is -1.90. The number of benzene rings is 2. The molecule has 128 valence electrons. The summed E-state index contributed by atoms with van der Waals surface area (Å²) in [6.07, 6.45) is 0. The minimum absolute atomic E-state index is 0.00307. The Morgan fingerprint density at radius 1 is 1.04 bits per heavy atom. The second kappa shape index (κ2) is 7.33. The van der Waals surface area contributed by atoms with Gasteiger partial charge in [0.15, 0.2) is 0 Å². The van der Waals surface area contributed by atoms with Crippen LogP contribution in [0.3, 0.4) is 0 Å². The number of methoxy groups -OCH3 is 1. The molecule has 0 aliphatic rings. The topological polar surface area (TPSA) is 72.9 Å². The molecule has 0 unspecified atom stereocenters. The molecule has 2 aromatic rings. The molecule has 2 rings (SSSR count). The summed E-state index contributed by atoms with van der Waals surface area (Å²) in [6.45, 7) is 0. The van der Waals surface area contributed by atoms with E-state index in [9.17, 15) is 13.2 Å². The van der Waals surface area contributed by atoms with E-state index in [1.165, 1.54) is 39.4 Å². The summed E-state index contributed by atoms with van der Waals surface area (Å²) < 4.78 is 36.3. The Balaban J connectivity index is 2.30. The second-order valence-electron chi connectivity index (χ2n) is 5.00. The van der Waals surface area contributed by atoms with Crippen LogP contribution in [-0.2, 0) is 10.0 Å². The van der Waals surface area contributed by atoms with Crippen molar-refractivity contribution >= 4 is 31.9 Å². The van der Waals surface area contributed by atoms with Crippen LogP contribution >= 0.6 is 15.9 Å². The molecule has 6 nitrogen and oxygen atoms in total. The van der Waals surface area contributed by atoms with Crippen molar-refractivity contribution in [1.29, 1.82) is 0 Å².